The number of anilines is 1. The first-order valence-electron chi connectivity index (χ1n) is 10.9. The SMILES string of the molecule is Cc1ncc([C@H](CC(=O)O)CC(F)(F)CCCCc2ccc3c(n2)NCCCC3)cn1. The number of rotatable bonds is 10. The maximum absolute atomic E-state index is 14.6. The Morgan fingerprint density at radius 1 is 1.23 bits per heavy atom. The summed E-state index contributed by atoms with van der Waals surface area (Å²) in [5, 5.41) is 12.5. The van der Waals surface area contributed by atoms with Crippen LogP contribution in [0.4, 0.5) is 14.6 Å². The second-order valence-corrected chi connectivity index (χ2v) is 8.32. The van der Waals surface area contributed by atoms with Crippen molar-refractivity contribution in [1.82, 2.24) is 15.0 Å². The van der Waals surface area contributed by atoms with Gasteiger partial charge in [-0.2, -0.15) is 0 Å². The second kappa shape index (κ2) is 10.6. The molecular formula is C23H30F2N4O2. The van der Waals surface area contributed by atoms with E-state index in [2.05, 4.69) is 26.3 Å². The van der Waals surface area contributed by atoms with Crippen molar-refractivity contribution in [2.24, 2.45) is 0 Å². The van der Waals surface area contributed by atoms with Gasteiger partial charge in [-0.25, -0.2) is 23.7 Å². The highest BCUT2D eigenvalue weighted by Gasteiger charge is 2.34. The molecule has 0 radical (unpaired) electrons. The van der Waals surface area contributed by atoms with E-state index < -0.39 is 24.2 Å². The van der Waals surface area contributed by atoms with Gasteiger partial charge in [0.25, 0.3) is 0 Å². The van der Waals surface area contributed by atoms with E-state index in [1.165, 1.54) is 18.0 Å². The molecule has 0 bridgehead atoms. The zero-order chi connectivity index (χ0) is 22.3. The fourth-order valence-corrected chi connectivity index (χ4v) is 3.95. The fourth-order valence-electron chi connectivity index (χ4n) is 3.95. The number of hydrogen-bond donors (Lipinski definition) is 2. The van der Waals surface area contributed by atoms with Gasteiger partial charge < -0.3 is 10.4 Å². The number of alkyl halides is 2. The number of aryl methyl sites for hydroxylation is 3. The number of aromatic nitrogens is 3. The van der Waals surface area contributed by atoms with Gasteiger partial charge in [-0.15, -0.1) is 0 Å². The van der Waals surface area contributed by atoms with Crippen LogP contribution in [0, 0.1) is 6.92 Å². The molecule has 0 unspecified atom stereocenters. The van der Waals surface area contributed by atoms with Gasteiger partial charge in [0.15, 0.2) is 0 Å². The van der Waals surface area contributed by atoms with Gasteiger partial charge >= 0.3 is 5.97 Å². The quantitative estimate of drug-likeness (QED) is 0.518. The summed E-state index contributed by atoms with van der Waals surface area (Å²) in [4.78, 5) is 23.9. The summed E-state index contributed by atoms with van der Waals surface area (Å²) in [5.41, 5.74) is 2.57. The van der Waals surface area contributed by atoms with E-state index in [0.29, 0.717) is 30.7 Å². The van der Waals surface area contributed by atoms with Gasteiger partial charge in [-0.05, 0) is 62.6 Å². The predicted molar refractivity (Wildman–Crippen MR) is 115 cm³/mol. The second-order valence-electron chi connectivity index (χ2n) is 8.32. The molecule has 2 aromatic rings. The zero-order valence-electron chi connectivity index (χ0n) is 17.9. The number of carboxylic acids is 1. The summed E-state index contributed by atoms with van der Waals surface area (Å²) in [6.07, 6.45) is 6.63. The number of pyridine rings is 1. The van der Waals surface area contributed by atoms with Crippen LogP contribution in [0.3, 0.4) is 0 Å². The number of halogens is 2. The van der Waals surface area contributed by atoms with Crippen LogP contribution in [-0.2, 0) is 17.6 Å². The van der Waals surface area contributed by atoms with Crippen LogP contribution < -0.4 is 5.32 Å². The molecule has 0 aliphatic carbocycles. The lowest BCUT2D eigenvalue weighted by molar-refractivity contribution is -0.138. The van der Waals surface area contributed by atoms with Crippen molar-refractivity contribution in [3.8, 4) is 0 Å². The Hall–Kier alpha value is -2.64. The van der Waals surface area contributed by atoms with Crippen LogP contribution in [0.2, 0.25) is 0 Å². The van der Waals surface area contributed by atoms with Gasteiger partial charge in [0.05, 0.1) is 6.42 Å². The van der Waals surface area contributed by atoms with E-state index in [0.717, 1.165) is 37.3 Å². The highest BCUT2D eigenvalue weighted by Crippen LogP contribution is 2.35. The van der Waals surface area contributed by atoms with Crippen molar-refractivity contribution in [3.05, 3.63) is 47.2 Å². The number of unbranched alkanes of at least 4 members (excludes halogenated alkanes) is 1. The lowest BCUT2D eigenvalue weighted by Gasteiger charge is -2.22. The molecule has 3 rings (SSSR count). The third kappa shape index (κ3) is 7.22. The van der Waals surface area contributed by atoms with Crippen molar-refractivity contribution in [1.29, 1.82) is 0 Å². The van der Waals surface area contributed by atoms with Crippen molar-refractivity contribution < 1.29 is 18.7 Å². The number of nitrogens with one attached hydrogen (secondary N) is 1. The lowest BCUT2D eigenvalue weighted by atomic mass is 9.89. The number of carboxylic acid groups (broad SMARTS) is 1. The maximum Gasteiger partial charge on any atom is 0.303 e. The molecule has 3 heterocycles. The van der Waals surface area contributed by atoms with Crippen LogP contribution in [-0.4, -0.2) is 38.5 Å². The molecule has 0 saturated carbocycles. The molecule has 2 aromatic heterocycles. The van der Waals surface area contributed by atoms with Gasteiger partial charge in [0.1, 0.15) is 11.6 Å². The maximum atomic E-state index is 14.6. The van der Waals surface area contributed by atoms with Crippen molar-refractivity contribution in [2.75, 3.05) is 11.9 Å². The Kier molecular flexibility index (Phi) is 7.87. The van der Waals surface area contributed by atoms with E-state index in [9.17, 15) is 13.6 Å². The molecule has 168 valence electrons. The third-order valence-electron chi connectivity index (χ3n) is 5.67. The molecule has 1 aliphatic rings. The summed E-state index contributed by atoms with van der Waals surface area (Å²) in [6.45, 7) is 2.61. The summed E-state index contributed by atoms with van der Waals surface area (Å²) in [6, 6.07) is 4.08. The van der Waals surface area contributed by atoms with E-state index in [1.807, 2.05) is 6.07 Å². The molecular weight excluding hydrogens is 402 g/mol. The van der Waals surface area contributed by atoms with Gasteiger partial charge in [0.2, 0.25) is 5.92 Å². The fraction of sp³-hybridized carbons (Fsp3) is 0.565. The molecule has 2 N–H and O–H groups in total. The van der Waals surface area contributed by atoms with E-state index in [4.69, 9.17) is 5.11 Å². The molecule has 0 fully saturated rings. The largest absolute Gasteiger partial charge is 0.481 e. The Balaban J connectivity index is 1.52. The minimum atomic E-state index is -2.95. The van der Waals surface area contributed by atoms with Gasteiger partial charge in [0, 0.05) is 43.4 Å². The first-order valence-corrected chi connectivity index (χ1v) is 10.9. The minimum absolute atomic E-state index is 0.279. The third-order valence-corrected chi connectivity index (χ3v) is 5.67. The lowest BCUT2D eigenvalue weighted by Crippen LogP contribution is -2.22. The summed E-state index contributed by atoms with van der Waals surface area (Å²) >= 11 is 0. The molecule has 31 heavy (non-hydrogen) atoms. The first-order chi connectivity index (χ1) is 14.8. The first kappa shape index (κ1) is 23.0. The molecule has 6 nitrogen and oxygen atoms in total. The summed E-state index contributed by atoms with van der Waals surface area (Å²) in [5.74, 6) is -3.42. The molecule has 8 heteroatoms. The minimum Gasteiger partial charge on any atom is -0.481 e. The van der Waals surface area contributed by atoms with Crippen LogP contribution >= 0.6 is 0 Å². The molecule has 1 atom stereocenters. The zero-order valence-corrected chi connectivity index (χ0v) is 17.9. The molecule has 0 saturated heterocycles. The monoisotopic (exact) mass is 432 g/mol. The molecule has 0 spiro atoms. The number of carbonyl (C=O) groups is 1. The van der Waals surface area contributed by atoms with Crippen molar-refractivity contribution >= 4 is 11.8 Å². The van der Waals surface area contributed by atoms with Crippen molar-refractivity contribution in [2.45, 2.75) is 76.6 Å². The highest BCUT2D eigenvalue weighted by molar-refractivity contribution is 5.68. The molecule has 1 aliphatic heterocycles. The van der Waals surface area contributed by atoms with E-state index >= 15 is 0 Å². The topological polar surface area (TPSA) is 88.0 Å². The van der Waals surface area contributed by atoms with E-state index in [-0.39, 0.29) is 12.8 Å². The Morgan fingerprint density at radius 3 is 2.74 bits per heavy atom. The summed E-state index contributed by atoms with van der Waals surface area (Å²) < 4.78 is 29.3. The van der Waals surface area contributed by atoms with Crippen LogP contribution in [0.15, 0.2) is 24.5 Å². The average molecular weight is 433 g/mol. The highest BCUT2D eigenvalue weighted by atomic mass is 19.3. The number of fused-ring (bicyclic) bond motifs is 1. The van der Waals surface area contributed by atoms with Crippen LogP contribution in [0.1, 0.15) is 73.5 Å². The van der Waals surface area contributed by atoms with Gasteiger partial charge in [-0.3, -0.25) is 4.79 Å². The number of aliphatic carboxylic acids is 1. The Bertz CT molecular complexity index is 874. The number of nitrogens with zero attached hydrogens (tertiary/aromatic N) is 3. The van der Waals surface area contributed by atoms with Gasteiger partial charge in [-0.1, -0.05) is 6.07 Å². The Morgan fingerprint density at radius 2 is 2.00 bits per heavy atom. The number of hydrogen-bond acceptors (Lipinski definition) is 5. The molecule has 0 aromatic carbocycles. The van der Waals surface area contributed by atoms with Crippen LogP contribution in [0.5, 0.6) is 0 Å². The van der Waals surface area contributed by atoms with E-state index in [1.54, 1.807) is 6.92 Å². The molecule has 0 amide bonds. The smallest absolute Gasteiger partial charge is 0.303 e. The van der Waals surface area contributed by atoms with Crippen LogP contribution in [0.25, 0.3) is 0 Å². The standard InChI is InChI=1S/C23H30F2N4O2/c1-16-27-14-19(15-28-16)18(12-21(30)31)13-23(24,25)10-4-2-7-20-9-8-17-6-3-5-11-26-22(17)29-20/h8-9,14-15,18H,2-7,10-13H2,1H3,(H,26,29)(H,30,31)/t18-/m1/s1. The average Bonchev–Trinajstić information content (AvgIpc) is 2.96. The normalized spacial score (nSPS) is 14.9. The Labute approximate surface area is 181 Å². The van der Waals surface area contributed by atoms with Crippen molar-refractivity contribution in [3.63, 3.8) is 0 Å². The predicted octanol–water partition coefficient (Wildman–Crippen LogP) is 4.92. The summed E-state index contributed by atoms with van der Waals surface area (Å²) in [7, 11) is 0.